The molecule has 1 aliphatic carbocycles. The molecule has 128 valence electrons. The van der Waals surface area contributed by atoms with Crippen molar-refractivity contribution < 1.29 is 61.2 Å². The van der Waals surface area contributed by atoms with Crippen molar-refractivity contribution in [3.05, 3.63) is 41.5 Å². The van der Waals surface area contributed by atoms with Crippen LogP contribution in [0.2, 0.25) is 0 Å². The third-order valence-electron chi connectivity index (χ3n) is 4.59. The van der Waals surface area contributed by atoms with Crippen LogP contribution in [-0.2, 0) is 16.2 Å². The van der Waals surface area contributed by atoms with Gasteiger partial charge in [0.1, 0.15) is 0 Å². The zero-order valence-electron chi connectivity index (χ0n) is 15.7. The van der Waals surface area contributed by atoms with E-state index >= 15 is 0 Å². The first-order chi connectivity index (χ1) is 11.3. The fraction of sp³-hybridized carbons (Fsp3) is 0.619. The smallest absolute Gasteiger partial charge is 0.326 e. The van der Waals surface area contributed by atoms with Crippen LogP contribution in [0.1, 0.15) is 69.9 Å². The van der Waals surface area contributed by atoms with E-state index in [9.17, 15) is 0 Å². The summed E-state index contributed by atoms with van der Waals surface area (Å²) in [7, 11) is 0. The van der Waals surface area contributed by atoms with Gasteiger partial charge in [0.25, 0.3) is 0 Å². The van der Waals surface area contributed by atoms with E-state index in [1.54, 1.807) is 0 Å². The van der Waals surface area contributed by atoms with Gasteiger partial charge < -0.3 is 11.6 Å². The first kappa shape index (κ1) is 22.6. The van der Waals surface area contributed by atoms with Gasteiger partial charge in [-0.05, 0) is 12.8 Å². The molecule has 2 rings (SSSR count). The average molecular weight is 354 g/mol. The summed E-state index contributed by atoms with van der Waals surface area (Å²) in [6.07, 6.45) is 13.1. The molecule has 0 radical (unpaired) electrons. The Morgan fingerprint density at radius 2 is 1.92 bits per heavy atom. The Morgan fingerprint density at radius 1 is 1.17 bits per heavy atom. The van der Waals surface area contributed by atoms with E-state index in [4.69, 9.17) is 9.78 Å². The summed E-state index contributed by atoms with van der Waals surface area (Å²) in [5.41, 5.74) is 3.81. The maximum Gasteiger partial charge on any atom is 1.00 e. The molecule has 1 aliphatic rings. The van der Waals surface area contributed by atoms with Crippen LogP contribution in [0.3, 0.4) is 0 Å². The second-order valence-corrected chi connectivity index (χ2v) is 6.36. The summed E-state index contributed by atoms with van der Waals surface area (Å²) in [5, 5.41) is 0. The number of rotatable bonds is 9. The maximum absolute atomic E-state index is 5.20. The van der Waals surface area contributed by atoms with Gasteiger partial charge in [0.2, 0.25) is 0 Å². The predicted molar refractivity (Wildman–Crippen MR) is 94.7 cm³/mol. The first-order valence-corrected chi connectivity index (χ1v) is 9.15. The molecular formula is C21H30KO2-. The Bertz CT molecular complexity index is 461. The van der Waals surface area contributed by atoms with Crippen molar-refractivity contribution in [1.82, 2.24) is 0 Å². The molecule has 1 aromatic carbocycles. The minimum absolute atomic E-state index is 0. The van der Waals surface area contributed by atoms with Crippen LogP contribution in [0.25, 0.3) is 5.57 Å². The number of unbranched alkanes of at least 4 members (excludes halogenated alkanes) is 1. The molecule has 0 spiro atoms. The molecule has 1 aromatic rings. The van der Waals surface area contributed by atoms with Crippen molar-refractivity contribution in [3.8, 4) is 0 Å². The standard InChI is InChI=1S/C21H30O2.K/c1-3-5-16-22-23-17-15-18-11-13-20(14-12-18)21(4-2)19-9-7-6-8-10-19;/h11-13,19H,3,5-10,15-17H2,1-2H3;/q-2;+1. The molecule has 1 fully saturated rings. The van der Waals surface area contributed by atoms with E-state index in [-0.39, 0.29) is 51.4 Å². The van der Waals surface area contributed by atoms with Crippen molar-refractivity contribution in [2.75, 3.05) is 13.2 Å². The van der Waals surface area contributed by atoms with E-state index in [2.05, 4.69) is 37.3 Å². The van der Waals surface area contributed by atoms with Gasteiger partial charge in [-0.25, -0.2) is 21.9 Å². The molecule has 0 heterocycles. The van der Waals surface area contributed by atoms with Gasteiger partial charge in [0.05, 0.1) is 13.2 Å². The number of hydrogen-bond acceptors (Lipinski definition) is 2. The van der Waals surface area contributed by atoms with Crippen molar-refractivity contribution in [3.63, 3.8) is 0 Å². The summed E-state index contributed by atoms with van der Waals surface area (Å²) in [5.74, 6) is 0.672. The van der Waals surface area contributed by atoms with Gasteiger partial charge in [-0.1, -0.05) is 51.4 Å². The van der Waals surface area contributed by atoms with Crippen LogP contribution >= 0.6 is 0 Å². The summed E-state index contributed by atoms with van der Waals surface area (Å²) in [6, 6.07) is 9.91. The zero-order valence-corrected chi connectivity index (χ0v) is 18.8. The Balaban J connectivity index is 0.00000288. The van der Waals surface area contributed by atoms with E-state index in [1.165, 1.54) is 48.8 Å². The zero-order chi connectivity index (χ0) is 16.3. The number of allylic oxidation sites excluding steroid dienone is 2. The first-order valence-electron chi connectivity index (χ1n) is 9.15. The molecule has 2 nitrogen and oxygen atoms in total. The molecule has 1 saturated carbocycles. The van der Waals surface area contributed by atoms with Gasteiger partial charge >= 0.3 is 51.4 Å². The fourth-order valence-corrected chi connectivity index (χ4v) is 3.21. The molecule has 3 heteroatoms. The van der Waals surface area contributed by atoms with E-state index in [0.29, 0.717) is 19.1 Å². The van der Waals surface area contributed by atoms with Crippen LogP contribution in [-0.4, -0.2) is 13.2 Å². The van der Waals surface area contributed by atoms with Crippen LogP contribution < -0.4 is 51.4 Å². The van der Waals surface area contributed by atoms with Crippen LogP contribution in [0.5, 0.6) is 0 Å². The second-order valence-electron chi connectivity index (χ2n) is 6.36. The van der Waals surface area contributed by atoms with Gasteiger partial charge in [-0.2, -0.15) is 12.1 Å². The summed E-state index contributed by atoms with van der Waals surface area (Å²) in [6.45, 7) is 5.46. The summed E-state index contributed by atoms with van der Waals surface area (Å²) in [4.78, 5) is 10.3. The minimum Gasteiger partial charge on any atom is -0.326 e. The fourth-order valence-electron chi connectivity index (χ4n) is 3.21. The molecule has 0 unspecified atom stereocenters. The average Bonchev–Trinajstić information content (AvgIpc) is 2.61. The van der Waals surface area contributed by atoms with E-state index in [1.807, 2.05) is 6.92 Å². The Morgan fingerprint density at radius 3 is 2.54 bits per heavy atom. The van der Waals surface area contributed by atoms with Crippen molar-refractivity contribution in [1.29, 1.82) is 0 Å². The van der Waals surface area contributed by atoms with E-state index in [0.717, 1.165) is 19.3 Å². The van der Waals surface area contributed by atoms with Crippen LogP contribution in [0, 0.1) is 18.1 Å². The largest absolute Gasteiger partial charge is 1.00 e. The van der Waals surface area contributed by atoms with Crippen molar-refractivity contribution >= 4 is 5.57 Å². The topological polar surface area (TPSA) is 18.5 Å². The van der Waals surface area contributed by atoms with Gasteiger partial charge in [0, 0.05) is 0 Å². The van der Waals surface area contributed by atoms with Gasteiger partial charge in [-0.15, -0.1) is 12.5 Å². The second kappa shape index (κ2) is 13.7. The predicted octanol–water partition coefficient (Wildman–Crippen LogP) is 2.57. The normalized spacial score (nSPS) is 16.0. The van der Waals surface area contributed by atoms with Crippen LogP contribution in [0.15, 0.2) is 18.2 Å². The molecule has 0 aromatic heterocycles. The molecule has 0 saturated heterocycles. The van der Waals surface area contributed by atoms with E-state index < -0.39 is 0 Å². The van der Waals surface area contributed by atoms with Crippen molar-refractivity contribution in [2.24, 2.45) is 5.92 Å². The Kier molecular flexibility index (Phi) is 12.9. The molecule has 0 amide bonds. The maximum atomic E-state index is 5.20. The SMILES string of the molecule is C[C-]=C(c1[c-]cc(CCOOCCCC)cc1)C1CCCCC1.[K+]. The molecule has 0 bridgehead atoms. The molecule has 24 heavy (non-hydrogen) atoms. The van der Waals surface area contributed by atoms with Crippen LogP contribution in [0.4, 0.5) is 0 Å². The minimum atomic E-state index is 0. The third-order valence-corrected chi connectivity index (χ3v) is 4.59. The quantitative estimate of drug-likeness (QED) is 0.223. The van der Waals surface area contributed by atoms with Gasteiger partial charge in [-0.3, -0.25) is 5.57 Å². The Labute approximate surface area is 190 Å². The molecular weight excluding hydrogens is 323 g/mol. The Hall–Kier alpha value is 0.516. The van der Waals surface area contributed by atoms with Crippen molar-refractivity contribution in [2.45, 2.75) is 65.2 Å². The summed E-state index contributed by atoms with van der Waals surface area (Å²) >= 11 is 0. The third kappa shape index (κ3) is 7.82. The molecule has 0 atom stereocenters. The molecule has 0 N–H and O–H groups in total. The van der Waals surface area contributed by atoms with Gasteiger partial charge in [0.15, 0.2) is 0 Å². The number of hydrogen-bond donors (Lipinski definition) is 0. The number of benzene rings is 1. The molecule has 0 aliphatic heterocycles. The monoisotopic (exact) mass is 353 g/mol. The summed E-state index contributed by atoms with van der Waals surface area (Å²) < 4.78 is 0.